The van der Waals surface area contributed by atoms with Crippen LogP contribution in [0, 0.1) is 5.92 Å². The minimum atomic E-state index is 0.144. The van der Waals surface area contributed by atoms with Gasteiger partial charge in [0.2, 0.25) is 5.91 Å². The topological polar surface area (TPSA) is 96.2 Å². The maximum atomic E-state index is 12.3. The first-order chi connectivity index (χ1) is 14.2. The summed E-state index contributed by atoms with van der Waals surface area (Å²) in [6.45, 7) is 4.19. The molecule has 8 nitrogen and oxygen atoms in total. The van der Waals surface area contributed by atoms with Gasteiger partial charge in [-0.2, -0.15) is 0 Å². The van der Waals surface area contributed by atoms with Crippen LogP contribution in [0.1, 0.15) is 44.0 Å². The first kappa shape index (κ1) is 20.8. The molecule has 3 N–H and O–H groups in total. The Kier molecular flexibility index (Phi) is 7.61. The second kappa shape index (κ2) is 10.6. The van der Waals surface area contributed by atoms with Gasteiger partial charge in [0.25, 0.3) is 0 Å². The lowest BCUT2D eigenvalue weighted by Gasteiger charge is -2.14. The highest BCUT2D eigenvalue weighted by Gasteiger charge is 2.22. The van der Waals surface area contributed by atoms with Crippen LogP contribution in [0.25, 0.3) is 0 Å². The molecule has 1 saturated carbocycles. The molecule has 1 aliphatic carbocycles. The van der Waals surface area contributed by atoms with Crippen LogP contribution in [-0.2, 0) is 24.3 Å². The number of amides is 1. The van der Waals surface area contributed by atoms with Crippen LogP contribution in [0.5, 0.6) is 0 Å². The lowest BCUT2D eigenvalue weighted by atomic mass is 10.1. The molecular formula is C21H31N7O. The molecule has 0 saturated heterocycles. The third-order valence-corrected chi connectivity index (χ3v) is 5.26. The van der Waals surface area contributed by atoms with Crippen molar-refractivity contribution in [3.63, 3.8) is 0 Å². The summed E-state index contributed by atoms with van der Waals surface area (Å²) in [6.07, 6.45) is 6.94. The highest BCUT2D eigenvalue weighted by molar-refractivity contribution is 5.92. The van der Waals surface area contributed by atoms with E-state index in [9.17, 15) is 4.79 Å². The minimum absolute atomic E-state index is 0.144. The van der Waals surface area contributed by atoms with Crippen LogP contribution in [0.3, 0.4) is 0 Å². The number of hydrogen-bond donors (Lipinski definition) is 3. The quantitative estimate of drug-likeness (QED) is 0.469. The number of carbonyl (C=O) groups excluding carboxylic acids is 1. The average molecular weight is 398 g/mol. The van der Waals surface area contributed by atoms with Gasteiger partial charge in [0.05, 0.1) is 0 Å². The Hall–Kier alpha value is -2.90. The third kappa shape index (κ3) is 6.04. The van der Waals surface area contributed by atoms with Crippen LogP contribution in [0.4, 0.5) is 5.69 Å². The molecule has 3 rings (SSSR count). The number of aromatic nitrogens is 3. The standard InChI is InChI=1S/C21H31N7O/c1-3-19-27-25-15-28(19)12-11-23-21(22-2)24-14-16-7-6-10-18(13-16)26-20(29)17-8-4-5-9-17/h6-7,10,13,15,17H,3-5,8-9,11-12,14H2,1-2H3,(H,26,29)(H2,22,23,24). The van der Waals surface area contributed by atoms with Crippen molar-refractivity contribution >= 4 is 17.6 Å². The molecule has 1 aliphatic rings. The van der Waals surface area contributed by atoms with E-state index in [4.69, 9.17) is 0 Å². The molecular weight excluding hydrogens is 366 g/mol. The Morgan fingerprint density at radius 1 is 1.28 bits per heavy atom. The fourth-order valence-electron chi connectivity index (χ4n) is 3.63. The van der Waals surface area contributed by atoms with E-state index < -0.39 is 0 Å². The smallest absolute Gasteiger partial charge is 0.227 e. The molecule has 0 radical (unpaired) electrons. The van der Waals surface area contributed by atoms with Crippen LogP contribution >= 0.6 is 0 Å². The third-order valence-electron chi connectivity index (χ3n) is 5.26. The zero-order valence-corrected chi connectivity index (χ0v) is 17.3. The van der Waals surface area contributed by atoms with Crippen molar-refractivity contribution in [3.8, 4) is 0 Å². The van der Waals surface area contributed by atoms with Crippen molar-refractivity contribution in [1.82, 2.24) is 25.4 Å². The second-order valence-corrected chi connectivity index (χ2v) is 7.32. The molecule has 1 amide bonds. The van der Waals surface area contributed by atoms with E-state index >= 15 is 0 Å². The van der Waals surface area contributed by atoms with Crippen LogP contribution in [0.2, 0.25) is 0 Å². The fourth-order valence-corrected chi connectivity index (χ4v) is 3.63. The molecule has 156 valence electrons. The number of benzene rings is 1. The van der Waals surface area contributed by atoms with E-state index in [1.54, 1.807) is 13.4 Å². The average Bonchev–Trinajstić information content (AvgIpc) is 3.42. The Labute approximate surface area is 172 Å². The minimum Gasteiger partial charge on any atom is -0.355 e. The maximum absolute atomic E-state index is 12.3. The summed E-state index contributed by atoms with van der Waals surface area (Å²) in [5, 5.41) is 17.7. The van der Waals surface area contributed by atoms with E-state index in [2.05, 4.69) is 38.1 Å². The zero-order valence-electron chi connectivity index (χ0n) is 17.3. The summed E-state index contributed by atoms with van der Waals surface area (Å²) in [6, 6.07) is 7.96. The highest BCUT2D eigenvalue weighted by Crippen LogP contribution is 2.26. The number of anilines is 1. The fraction of sp³-hybridized carbons (Fsp3) is 0.524. The second-order valence-electron chi connectivity index (χ2n) is 7.32. The monoisotopic (exact) mass is 397 g/mol. The van der Waals surface area contributed by atoms with Gasteiger partial charge in [-0.05, 0) is 30.5 Å². The SMILES string of the molecule is CCc1nncn1CCNC(=NC)NCc1cccc(NC(=O)C2CCCC2)c1. The molecule has 8 heteroatoms. The lowest BCUT2D eigenvalue weighted by Crippen LogP contribution is -2.38. The molecule has 29 heavy (non-hydrogen) atoms. The predicted octanol–water partition coefficient (Wildman–Crippen LogP) is 2.33. The molecule has 1 heterocycles. The number of nitrogens with one attached hydrogen (secondary N) is 3. The molecule has 2 aromatic rings. The molecule has 0 atom stereocenters. The first-order valence-electron chi connectivity index (χ1n) is 10.4. The summed E-state index contributed by atoms with van der Waals surface area (Å²) < 4.78 is 2.04. The van der Waals surface area contributed by atoms with Gasteiger partial charge in [-0.1, -0.05) is 31.9 Å². The summed E-state index contributed by atoms with van der Waals surface area (Å²) in [5.41, 5.74) is 1.94. The number of nitrogens with zero attached hydrogens (tertiary/aromatic N) is 4. The predicted molar refractivity (Wildman–Crippen MR) is 115 cm³/mol. The van der Waals surface area contributed by atoms with Crippen molar-refractivity contribution in [2.75, 3.05) is 18.9 Å². The van der Waals surface area contributed by atoms with Crippen molar-refractivity contribution in [1.29, 1.82) is 0 Å². The van der Waals surface area contributed by atoms with E-state index in [1.165, 1.54) is 0 Å². The number of aliphatic imine (C=N–C) groups is 1. The highest BCUT2D eigenvalue weighted by atomic mass is 16.1. The first-order valence-corrected chi connectivity index (χ1v) is 10.4. The van der Waals surface area contributed by atoms with Crippen molar-refractivity contribution < 1.29 is 4.79 Å². The Morgan fingerprint density at radius 2 is 2.10 bits per heavy atom. The number of carbonyl (C=O) groups is 1. The molecule has 1 aromatic heterocycles. The van der Waals surface area contributed by atoms with E-state index in [1.807, 2.05) is 28.8 Å². The van der Waals surface area contributed by atoms with Crippen molar-refractivity contribution in [2.24, 2.45) is 10.9 Å². The van der Waals surface area contributed by atoms with Gasteiger partial charge in [0.15, 0.2) is 5.96 Å². The summed E-state index contributed by atoms with van der Waals surface area (Å²) >= 11 is 0. The van der Waals surface area contributed by atoms with Gasteiger partial charge in [-0.15, -0.1) is 10.2 Å². The molecule has 0 aliphatic heterocycles. The van der Waals surface area contributed by atoms with E-state index in [-0.39, 0.29) is 11.8 Å². The number of aryl methyl sites for hydroxylation is 1. The number of rotatable bonds is 8. The van der Waals surface area contributed by atoms with Crippen molar-refractivity contribution in [2.45, 2.75) is 52.1 Å². The van der Waals surface area contributed by atoms with Crippen LogP contribution in [-0.4, -0.2) is 40.2 Å². The number of guanidine groups is 1. The number of hydrogen-bond acceptors (Lipinski definition) is 4. The van der Waals surface area contributed by atoms with Gasteiger partial charge >= 0.3 is 0 Å². The summed E-state index contributed by atoms with van der Waals surface area (Å²) in [5.74, 6) is 2.02. The van der Waals surface area contributed by atoms with Crippen molar-refractivity contribution in [3.05, 3.63) is 42.0 Å². The molecule has 0 spiro atoms. The Morgan fingerprint density at radius 3 is 2.86 bits per heavy atom. The molecule has 0 unspecified atom stereocenters. The van der Waals surface area contributed by atoms with Crippen LogP contribution in [0.15, 0.2) is 35.6 Å². The summed E-state index contributed by atoms with van der Waals surface area (Å²) in [4.78, 5) is 16.6. The van der Waals surface area contributed by atoms with E-state index in [0.29, 0.717) is 6.54 Å². The van der Waals surface area contributed by atoms with E-state index in [0.717, 1.165) is 68.2 Å². The Balaban J connectivity index is 1.46. The lowest BCUT2D eigenvalue weighted by molar-refractivity contribution is -0.119. The maximum Gasteiger partial charge on any atom is 0.227 e. The van der Waals surface area contributed by atoms with Gasteiger partial charge in [0, 0.05) is 44.7 Å². The largest absolute Gasteiger partial charge is 0.355 e. The van der Waals surface area contributed by atoms with Gasteiger partial charge in [-0.3, -0.25) is 9.79 Å². The van der Waals surface area contributed by atoms with Crippen LogP contribution < -0.4 is 16.0 Å². The van der Waals surface area contributed by atoms with Gasteiger partial charge in [0.1, 0.15) is 12.2 Å². The molecule has 1 fully saturated rings. The summed E-state index contributed by atoms with van der Waals surface area (Å²) in [7, 11) is 1.75. The Bertz CT molecular complexity index is 824. The molecule has 0 bridgehead atoms. The van der Waals surface area contributed by atoms with Gasteiger partial charge < -0.3 is 20.5 Å². The molecule has 1 aromatic carbocycles. The zero-order chi connectivity index (χ0) is 20.5. The van der Waals surface area contributed by atoms with Gasteiger partial charge in [-0.25, -0.2) is 0 Å². The normalized spacial score (nSPS) is 14.8.